The third-order valence-corrected chi connectivity index (χ3v) is 3.69. The normalized spacial score (nSPS) is 18.0. The van der Waals surface area contributed by atoms with Crippen molar-refractivity contribution in [2.75, 3.05) is 19.0 Å². The predicted molar refractivity (Wildman–Crippen MR) is 67.6 cm³/mol. The molecule has 1 aromatic rings. The van der Waals surface area contributed by atoms with Gasteiger partial charge in [0.1, 0.15) is 18.3 Å². The quantitative estimate of drug-likeness (QED) is 0.809. The van der Waals surface area contributed by atoms with Crippen molar-refractivity contribution in [3.63, 3.8) is 0 Å². The SMILES string of the molecule is COC(=O)CN1C(=O)Nc2ccc(C#N)nc2C12CC2. The zero-order valence-electron chi connectivity index (χ0n) is 10.8. The van der Waals surface area contributed by atoms with Crippen LogP contribution in [0, 0.1) is 11.3 Å². The van der Waals surface area contributed by atoms with Crippen LogP contribution >= 0.6 is 0 Å². The number of carbonyl (C=O) groups excluding carboxylic acids is 2. The van der Waals surface area contributed by atoms with E-state index in [1.54, 1.807) is 12.1 Å². The van der Waals surface area contributed by atoms with E-state index in [4.69, 9.17) is 5.26 Å². The fourth-order valence-electron chi connectivity index (χ4n) is 2.52. The maximum Gasteiger partial charge on any atom is 0.325 e. The Morgan fingerprint density at radius 1 is 1.60 bits per heavy atom. The number of amides is 2. The number of urea groups is 1. The number of esters is 1. The number of carbonyl (C=O) groups is 2. The molecule has 0 atom stereocenters. The Labute approximate surface area is 115 Å². The zero-order chi connectivity index (χ0) is 14.3. The monoisotopic (exact) mass is 272 g/mol. The number of nitrogens with zero attached hydrogens (tertiary/aromatic N) is 3. The minimum Gasteiger partial charge on any atom is -0.468 e. The molecule has 3 rings (SSSR count). The van der Waals surface area contributed by atoms with E-state index < -0.39 is 11.5 Å². The molecular formula is C13H12N4O3. The molecule has 0 bridgehead atoms. The maximum absolute atomic E-state index is 12.1. The summed E-state index contributed by atoms with van der Waals surface area (Å²) >= 11 is 0. The molecule has 0 radical (unpaired) electrons. The van der Waals surface area contributed by atoms with Crippen LogP contribution < -0.4 is 5.32 Å². The van der Waals surface area contributed by atoms with E-state index in [1.807, 2.05) is 6.07 Å². The van der Waals surface area contributed by atoms with Crippen molar-refractivity contribution in [1.29, 1.82) is 5.26 Å². The molecule has 2 amide bonds. The minimum absolute atomic E-state index is 0.125. The summed E-state index contributed by atoms with van der Waals surface area (Å²) in [6.07, 6.45) is 1.46. The average Bonchev–Trinajstić information content (AvgIpc) is 3.24. The van der Waals surface area contributed by atoms with Gasteiger partial charge in [-0.1, -0.05) is 0 Å². The van der Waals surface area contributed by atoms with Crippen LogP contribution in [0.25, 0.3) is 0 Å². The molecule has 1 aromatic heterocycles. The molecule has 1 spiro atoms. The van der Waals surface area contributed by atoms with Gasteiger partial charge in [0.25, 0.3) is 0 Å². The van der Waals surface area contributed by atoms with Gasteiger partial charge in [-0.25, -0.2) is 9.78 Å². The van der Waals surface area contributed by atoms with E-state index in [9.17, 15) is 9.59 Å². The Kier molecular flexibility index (Phi) is 2.61. The topological polar surface area (TPSA) is 95.3 Å². The van der Waals surface area contributed by atoms with Gasteiger partial charge in [-0.05, 0) is 25.0 Å². The van der Waals surface area contributed by atoms with Gasteiger partial charge in [0, 0.05) is 0 Å². The summed E-state index contributed by atoms with van der Waals surface area (Å²) < 4.78 is 4.62. The Hall–Kier alpha value is -2.62. The highest BCUT2D eigenvalue weighted by atomic mass is 16.5. The molecule has 2 aliphatic rings. The molecule has 102 valence electrons. The lowest BCUT2D eigenvalue weighted by atomic mass is 10.0. The molecule has 1 aliphatic heterocycles. The summed E-state index contributed by atoms with van der Waals surface area (Å²) in [7, 11) is 1.28. The van der Waals surface area contributed by atoms with Crippen molar-refractivity contribution in [2.45, 2.75) is 18.4 Å². The smallest absolute Gasteiger partial charge is 0.325 e. The van der Waals surface area contributed by atoms with Crippen LogP contribution in [0.3, 0.4) is 0 Å². The van der Waals surface area contributed by atoms with Gasteiger partial charge in [0.15, 0.2) is 0 Å². The third-order valence-electron chi connectivity index (χ3n) is 3.69. The van der Waals surface area contributed by atoms with Crippen molar-refractivity contribution in [3.05, 3.63) is 23.5 Å². The number of fused-ring (bicyclic) bond motifs is 2. The number of nitriles is 1. The van der Waals surface area contributed by atoms with E-state index in [1.165, 1.54) is 12.0 Å². The first-order valence-electron chi connectivity index (χ1n) is 6.18. The molecule has 1 N–H and O–H groups in total. The Morgan fingerprint density at radius 3 is 2.95 bits per heavy atom. The van der Waals surface area contributed by atoms with Crippen LogP contribution in [0.4, 0.5) is 10.5 Å². The van der Waals surface area contributed by atoms with Gasteiger partial charge in [0.05, 0.1) is 24.0 Å². The van der Waals surface area contributed by atoms with E-state index in [-0.39, 0.29) is 12.6 Å². The summed E-state index contributed by atoms with van der Waals surface area (Å²) in [6, 6.07) is 4.88. The molecule has 7 nitrogen and oxygen atoms in total. The highest BCUT2D eigenvalue weighted by Crippen LogP contribution is 2.54. The van der Waals surface area contributed by atoms with E-state index in [2.05, 4.69) is 15.0 Å². The second kappa shape index (κ2) is 4.20. The van der Waals surface area contributed by atoms with Crippen molar-refractivity contribution in [3.8, 4) is 6.07 Å². The van der Waals surface area contributed by atoms with E-state index >= 15 is 0 Å². The average molecular weight is 272 g/mol. The number of ether oxygens (including phenoxy) is 1. The Balaban J connectivity index is 2.03. The lowest BCUT2D eigenvalue weighted by Crippen LogP contribution is -2.50. The summed E-state index contributed by atoms with van der Waals surface area (Å²) in [4.78, 5) is 29.3. The lowest BCUT2D eigenvalue weighted by molar-refractivity contribution is -0.141. The second-order valence-corrected chi connectivity index (χ2v) is 4.83. The Bertz CT molecular complexity index is 646. The lowest BCUT2D eigenvalue weighted by Gasteiger charge is -2.36. The maximum atomic E-state index is 12.1. The fraction of sp³-hybridized carbons (Fsp3) is 0.385. The number of hydrogen-bond acceptors (Lipinski definition) is 5. The first-order valence-corrected chi connectivity index (χ1v) is 6.18. The number of anilines is 1. The summed E-state index contributed by atoms with van der Waals surface area (Å²) in [6.45, 7) is -0.125. The number of rotatable bonds is 2. The van der Waals surface area contributed by atoms with Gasteiger partial charge < -0.3 is 15.0 Å². The van der Waals surface area contributed by atoms with Crippen LogP contribution in [0.1, 0.15) is 24.2 Å². The third kappa shape index (κ3) is 1.69. The number of hydrogen-bond donors (Lipinski definition) is 1. The van der Waals surface area contributed by atoms with Crippen molar-refractivity contribution in [2.24, 2.45) is 0 Å². The van der Waals surface area contributed by atoms with Gasteiger partial charge in [-0.3, -0.25) is 4.79 Å². The fourth-order valence-corrected chi connectivity index (χ4v) is 2.52. The predicted octanol–water partition coefficient (Wildman–Crippen LogP) is 0.963. The van der Waals surface area contributed by atoms with Gasteiger partial charge in [-0.2, -0.15) is 5.26 Å². The first kappa shape index (κ1) is 12.4. The summed E-state index contributed by atoms with van der Waals surface area (Å²) in [5.41, 5.74) is 0.982. The molecule has 0 unspecified atom stereocenters. The van der Waals surface area contributed by atoms with Crippen LogP contribution in [-0.4, -0.2) is 35.5 Å². The molecule has 7 heteroatoms. The van der Waals surface area contributed by atoms with Gasteiger partial charge >= 0.3 is 12.0 Å². The van der Waals surface area contributed by atoms with Crippen LogP contribution in [0.5, 0.6) is 0 Å². The van der Waals surface area contributed by atoms with Gasteiger partial charge in [0.2, 0.25) is 0 Å². The van der Waals surface area contributed by atoms with Crippen LogP contribution in [-0.2, 0) is 15.1 Å². The van der Waals surface area contributed by atoms with E-state index in [0.717, 1.165) is 12.8 Å². The highest BCUT2D eigenvalue weighted by Gasteiger charge is 2.57. The van der Waals surface area contributed by atoms with Crippen molar-refractivity contribution < 1.29 is 14.3 Å². The van der Waals surface area contributed by atoms with Crippen LogP contribution in [0.15, 0.2) is 12.1 Å². The number of aromatic nitrogens is 1. The summed E-state index contributed by atoms with van der Waals surface area (Å²) in [5, 5.41) is 11.6. The molecular weight excluding hydrogens is 260 g/mol. The molecule has 0 saturated heterocycles. The number of methoxy groups -OCH3 is 1. The first-order chi connectivity index (χ1) is 9.60. The van der Waals surface area contributed by atoms with Gasteiger partial charge in [-0.15, -0.1) is 0 Å². The number of pyridine rings is 1. The minimum atomic E-state index is -0.571. The zero-order valence-corrected chi connectivity index (χ0v) is 10.8. The molecule has 1 aliphatic carbocycles. The second-order valence-electron chi connectivity index (χ2n) is 4.83. The van der Waals surface area contributed by atoms with Crippen LogP contribution in [0.2, 0.25) is 0 Å². The molecule has 1 saturated carbocycles. The molecule has 0 aromatic carbocycles. The standard InChI is InChI=1S/C13H12N4O3/c1-20-10(18)7-17-12(19)16-9-3-2-8(6-14)15-11(9)13(17)4-5-13/h2-3H,4-5,7H2,1H3,(H,16,19). The molecule has 1 fully saturated rings. The summed E-state index contributed by atoms with van der Waals surface area (Å²) in [5.74, 6) is -0.480. The largest absolute Gasteiger partial charge is 0.468 e. The highest BCUT2D eigenvalue weighted by molar-refractivity contribution is 5.95. The number of nitrogens with one attached hydrogen (secondary N) is 1. The van der Waals surface area contributed by atoms with E-state index in [0.29, 0.717) is 17.1 Å². The van der Waals surface area contributed by atoms with Crippen molar-refractivity contribution >= 4 is 17.7 Å². The molecule has 2 heterocycles. The van der Waals surface area contributed by atoms with Crippen molar-refractivity contribution in [1.82, 2.24) is 9.88 Å². The molecule has 20 heavy (non-hydrogen) atoms. The Morgan fingerprint density at radius 2 is 2.35 bits per heavy atom.